The smallest absolute Gasteiger partial charge is 0.0734 e. The average molecular weight is 659 g/mol. The molecule has 0 unspecified atom stereocenters. The maximum absolute atomic E-state index is 3.58. The number of aromatic nitrogens is 1. The minimum Gasteiger partial charge on any atom is -0.307 e. The predicted octanol–water partition coefficient (Wildman–Crippen LogP) is 12.8. The van der Waals surface area contributed by atoms with Crippen molar-refractivity contribution in [3.8, 4) is 60.8 Å². The molecule has 2 aromatic heterocycles. The Balaban J connectivity index is 1.50. The van der Waals surface area contributed by atoms with Crippen molar-refractivity contribution in [2.45, 2.75) is 0 Å². The van der Waals surface area contributed by atoms with Crippen LogP contribution in [-0.4, -0.2) is 4.57 Å². The van der Waals surface area contributed by atoms with Crippen LogP contribution in [0.25, 0.3) is 71.0 Å². The van der Waals surface area contributed by atoms with Crippen LogP contribution in [0, 0.1) is 0 Å². The Morgan fingerprint density at radius 2 is 0.844 bits per heavy atom. The maximum Gasteiger partial charge on any atom is 0.0734 e. The fourth-order valence-electron chi connectivity index (χ4n) is 6.25. The number of benzene rings is 6. The summed E-state index contributed by atoms with van der Waals surface area (Å²) in [4.78, 5) is 1.28. The van der Waals surface area contributed by atoms with Crippen molar-refractivity contribution in [3.63, 3.8) is 0 Å². The van der Waals surface area contributed by atoms with Crippen LogP contribution in [0.2, 0.25) is 0 Å². The highest BCUT2D eigenvalue weighted by Gasteiger charge is 2.28. The first kappa shape index (κ1) is 27.6. The average Bonchev–Trinajstić information content (AvgIpc) is 3.65. The SMILES string of the molecule is Brc1ccc(-c2ccc(-n3c(-c4ccccc4)c(-c4ccccc4)c4sc(-c5ccccc5)c(-c5ccccc5)c43)cc2)cc1. The molecule has 0 bridgehead atoms. The van der Waals surface area contributed by atoms with E-state index in [-0.39, 0.29) is 0 Å². The van der Waals surface area contributed by atoms with Crippen LogP contribution in [-0.2, 0) is 0 Å². The highest BCUT2D eigenvalue weighted by Crippen LogP contribution is 2.53. The quantitative estimate of drug-likeness (QED) is 0.168. The van der Waals surface area contributed by atoms with Gasteiger partial charge in [-0.3, -0.25) is 0 Å². The molecule has 2 heterocycles. The first-order chi connectivity index (χ1) is 22.3. The predicted molar refractivity (Wildman–Crippen MR) is 196 cm³/mol. The van der Waals surface area contributed by atoms with Gasteiger partial charge >= 0.3 is 0 Å². The molecule has 8 rings (SSSR count). The van der Waals surface area contributed by atoms with Crippen LogP contribution in [0.4, 0.5) is 0 Å². The Bertz CT molecular complexity index is 2180. The number of rotatable bonds is 6. The molecule has 0 atom stereocenters. The van der Waals surface area contributed by atoms with Crippen LogP contribution >= 0.6 is 27.3 Å². The largest absolute Gasteiger partial charge is 0.307 e. The van der Waals surface area contributed by atoms with Gasteiger partial charge in [0.05, 0.1) is 15.9 Å². The van der Waals surface area contributed by atoms with Gasteiger partial charge in [-0.15, -0.1) is 11.3 Å². The van der Waals surface area contributed by atoms with Gasteiger partial charge in [0, 0.05) is 26.2 Å². The lowest BCUT2D eigenvalue weighted by Crippen LogP contribution is -1.99. The molecule has 8 aromatic rings. The second kappa shape index (κ2) is 11.9. The monoisotopic (exact) mass is 657 g/mol. The van der Waals surface area contributed by atoms with Gasteiger partial charge in [-0.05, 0) is 57.6 Å². The summed E-state index contributed by atoms with van der Waals surface area (Å²) in [5, 5.41) is 0. The number of halogens is 1. The van der Waals surface area contributed by atoms with Gasteiger partial charge < -0.3 is 4.57 Å². The van der Waals surface area contributed by atoms with Crippen LogP contribution in [0.1, 0.15) is 0 Å². The van der Waals surface area contributed by atoms with E-state index in [4.69, 9.17) is 0 Å². The van der Waals surface area contributed by atoms with Crippen molar-refractivity contribution in [1.29, 1.82) is 0 Å². The zero-order chi connectivity index (χ0) is 30.2. The van der Waals surface area contributed by atoms with E-state index in [2.05, 4.69) is 190 Å². The minimum absolute atomic E-state index is 1.08. The van der Waals surface area contributed by atoms with E-state index in [1.165, 1.54) is 65.3 Å². The third kappa shape index (κ3) is 5.04. The van der Waals surface area contributed by atoms with Gasteiger partial charge in [0.1, 0.15) is 0 Å². The minimum atomic E-state index is 1.08. The fraction of sp³-hybridized carbons (Fsp3) is 0. The van der Waals surface area contributed by atoms with Crippen molar-refractivity contribution in [3.05, 3.63) is 174 Å². The molecule has 45 heavy (non-hydrogen) atoms. The zero-order valence-electron chi connectivity index (χ0n) is 24.4. The molecule has 214 valence electrons. The summed E-state index contributed by atoms with van der Waals surface area (Å²) in [5.74, 6) is 0. The summed E-state index contributed by atoms with van der Waals surface area (Å²) in [6.45, 7) is 0. The van der Waals surface area contributed by atoms with Gasteiger partial charge in [0.25, 0.3) is 0 Å². The number of thiophene rings is 1. The van der Waals surface area contributed by atoms with E-state index >= 15 is 0 Å². The topological polar surface area (TPSA) is 4.93 Å². The highest BCUT2D eigenvalue weighted by molar-refractivity contribution is 9.10. The molecule has 0 saturated carbocycles. The molecule has 0 saturated heterocycles. The van der Waals surface area contributed by atoms with Gasteiger partial charge in [-0.25, -0.2) is 0 Å². The van der Waals surface area contributed by atoms with E-state index in [9.17, 15) is 0 Å². The third-order valence-corrected chi connectivity index (χ3v) is 10.1. The Kier molecular flexibility index (Phi) is 7.26. The fourth-order valence-corrected chi connectivity index (χ4v) is 7.89. The zero-order valence-corrected chi connectivity index (χ0v) is 26.8. The van der Waals surface area contributed by atoms with Crippen LogP contribution < -0.4 is 0 Å². The standard InChI is InChI=1S/C42H28BrNS/c43-35-25-21-29(22-26-35)30-23-27-36(28-24-30)44-39(33-17-9-3-10-18-33)37(31-13-5-1-6-14-31)42-40(44)38(32-15-7-2-8-16-32)41(45-42)34-19-11-4-12-20-34/h1-28H. The number of nitrogens with zero attached hydrogens (tertiary/aromatic N) is 1. The molecule has 0 fully saturated rings. The summed E-state index contributed by atoms with van der Waals surface area (Å²) in [6.07, 6.45) is 0. The van der Waals surface area contributed by atoms with Crippen molar-refractivity contribution < 1.29 is 0 Å². The molecule has 6 aromatic carbocycles. The van der Waals surface area contributed by atoms with Crippen LogP contribution in [0.3, 0.4) is 0 Å². The molecule has 0 aliphatic heterocycles. The molecule has 1 nitrogen and oxygen atoms in total. The first-order valence-corrected chi connectivity index (χ1v) is 16.7. The van der Waals surface area contributed by atoms with Crippen molar-refractivity contribution in [2.75, 3.05) is 0 Å². The summed E-state index contributed by atoms with van der Waals surface area (Å²) < 4.78 is 4.87. The summed E-state index contributed by atoms with van der Waals surface area (Å²) >= 11 is 5.47. The Labute approximate surface area is 275 Å². The third-order valence-electron chi connectivity index (χ3n) is 8.31. The molecule has 3 heteroatoms. The van der Waals surface area contributed by atoms with Gasteiger partial charge in [-0.1, -0.05) is 162 Å². The Morgan fingerprint density at radius 1 is 0.400 bits per heavy atom. The molecule has 0 aliphatic carbocycles. The lowest BCUT2D eigenvalue weighted by molar-refractivity contribution is 1.14. The van der Waals surface area contributed by atoms with E-state index < -0.39 is 0 Å². The first-order valence-electron chi connectivity index (χ1n) is 15.1. The molecule has 0 N–H and O–H groups in total. The molecule has 0 amide bonds. The second-order valence-electron chi connectivity index (χ2n) is 11.1. The molecular formula is C42H28BrNS. The second-order valence-corrected chi connectivity index (χ2v) is 13.0. The number of fused-ring (bicyclic) bond motifs is 1. The van der Waals surface area contributed by atoms with Crippen molar-refractivity contribution in [2.24, 2.45) is 0 Å². The van der Waals surface area contributed by atoms with Gasteiger partial charge in [0.2, 0.25) is 0 Å². The summed E-state index contributed by atoms with van der Waals surface area (Å²) in [6, 6.07) is 60.9. The summed E-state index contributed by atoms with van der Waals surface area (Å²) in [7, 11) is 0. The molecule has 0 spiro atoms. The number of hydrogen-bond acceptors (Lipinski definition) is 1. The Morgan fingerprint density at radius 3 is 1.38 bits per heavy atom. The molecule has 0 radical (unpaired) electrons. The number of hydrogen-bond donors (Lipinski definition) is 0. The Hall–Kier alpha value is -4.96. The van der Waals surface area contributed by atoms with Crippen molar-refractivity contribution in [1.82, 2.24) is 4.57 Å². The normalized spacial score (nSPS) is 11.2. The van der Waals surface area contributed by atoms with E-state index in [1.54, 1.807) is 0 Å². The maximum atomic E-state index is 3.58. The van der Waals surface area contributed by atoms with Gasteiger partial charge in [-0.2, -0.15) is 0 Å². The van der Waals surface area contributed by atoms with E-state index in [1.807, 2.05) is 11.3 Å². The van der Waals surface area contributed by atoms with Crippen LogP contribution in [0.5, 0.6) is 0 Å². The molecular weight excluding hydrogens is 630 g/mol. The van der Waals surface area contributed by atoms with E-state index in [0.29, 0.717) is 0 Å². The van der Waals surface area contributed by atoms with E-state index in [0.717, 1.165) is 10.2 Å². The lowest BCUT2D eigenvalue weighted by Gasteiger charge is -2.16. The summed E-state index contributed by atoms with van der Waals surface area (Å²) in [5.41, 5.74) is 13.3. The van der Waals surface area contributed by atoms with Crippen molar-refractivity contribution >= 4 is 37.5 Å². The molecule has 0 aliphatic rings. The van der Waals surface area contributed by atoms with Crippen LogP contribution in [0.15, 0.2) is 174 Å². The highest BCUT2D eigenvalue weighted by atomic mass is 79.9. The van der Waals surface area contributed by atoms with Gasteiger partial charge in [0.15, 0.2) is 0 Å². The lowest BCUT2D eigenvalue weighted by atomic mass is 10.00.